The maximum Gasteiger partial charge on any atom is 0.231 e. The smallest absolute Gasteiger partial charge is 0.231 e. The third-order valence-corrected chi connectivity index (χ3v) is 3.43. The topological polar surface area (TPSA) is 74.2 Å². The van der Waals surface area contributed by atoms with Gasteiger partial charge in [0.2, 0.25) is 11.7 Å². The molecule has 1 rings (SSSR count). The van der Waals surface area contributed by atoms with Gasteiger partial charge < -0.3 is 15.0 Å². The monoisotopic (exact) mass is 241 g/mol. The van der Waals surface area contributed by atoms with E-state index in [1.807, 2.05) is 20.8 Å². The summed E-state index contributed by atoms with van der Waals surface area (Å²) in [5.41, 5.74) is 5.42. The molecule has 0 aromatic carbocycles. The van der Waals surface area contributed by atoms with Crippen molar-refractivity contribution >= 4 is 0 Å². The highest BCUT2D eigenvalue weighted by Gasteiger charge is 2.31. The summed E-state index contributed by atoms with van der Waals surface area (Å²) < 4.78 is 10.8. The Balaban J connectivity index is 2.98. The SMILES string of the molecule is CCC(c1nc(C(C)(CC)OC)no1)C(C)N. The van der Waals surface area contributed by atoms with Crippen LogP contribution in [0, 0.1) is 0 Å². The van der Waals surface area contributed by atoms with Gasteiger partial charge in [-0.25, -0.2) is 0 Å². The van der Waals surface area contributed by atoms with Crippen LogP contribution in [-0.2, 0) is 10.3 Å². The summed E-state index contributed by atoms with van der Waals surface area (Å²) in [7, 11) is 1.66. The van der Waals surface area contributed by atoms with Crippen molar-refractivity contribution in [3.05, 3.63) is 11.7 Å². The van der Waals surface area contributed by atoms with Gasteiger partial charge in [-0.3, -0.25) is 0 Å². The zero-order valence-corrected chi connectivity index (χ0v) is 11.4. The van der Waals surface area contributed by atoms with E-state index in [0.29, 0.717) is 11.7 Å². The number of aromatic nitrogens is 2. The van der Waals surface area contributed by atoms with Crippen LogP contribution >= 0.6 is 0 Å². The minimum Gasteiger partial charge on any atom is -0.370 e. The first kappa shape index (κ1) is 14.1. The van der Waals surface area contributed by atoms with Crippen molar-refractivity contribution in [1.29, 1.82) is 0 Å². The normalized spacial score (nSPS) is 18.7. The van der Waals surface area contributed by atoms with Crippen molar-refractivity contribution in [2.45, 2.75) is 58.1 Å². The number of hydrogen-bond acceptors (Lipinski definition) is 5. The third-order valence-electron chi connectivity index (χ3n) is 3.43. The molecule has 98 valence electrons. The molecule has 1 aromatic rings. The zero-order valence-electron chi connectivity index (χ0n) is 11.4. The fourth-order valence-corrected chi connectivity index (χ4v) is 1.77. The van der Waals surface area contributed by atoms with E-state index in [2.05, 4.69) is 17.1 Å². The van der Waals surface area contributed by atoms with Crippen molar-refractivity contribution in [3.8, 4) is 0 Å². The highest BCUT2D eigenvalue weighted by Crippen LogP contribution is 2.28. The number of nitrogens with zero attached hydrogens (tertiary/aromatic N) is 2. The predicted molar refractivity (Wildman–Crippen MR) is 65.6 cm³/mol. The summed E-state index contributed by atoms with van der Waals surface area (Å²) in [6.45, 7) is 8.00. The van der Waals surface area contributed by atoms with Crippen LogP contribution in [0.25, 0.3) is 0 Å². The minimum atomic E-state index is -0.488. The van der Waals surface area contributed by atoms with Gasteiger partial charge in [0.05, 0.1) is 5.92 Å². The largest absolute Gasteiger partial charge is 0.370 e. The van der Waals surface area contributed by atoms with E-state index in [0.717, 1.165) is 12.8 Å². The van der Waals surface area contributed by atoms with E-state index in [1.165, 1.54) is 0 Å². The molecule has 0 saturated heterocycles. The number of ether oxygens (including phenoxy) is 1. The second kappa shape index (κ2) is 5.60. The summed E-state index contributed by atoms with van der Waals surface area (Å²) in [4.78, 5) is 4.43. The first-order chi connectivity index (χ1) is 7.98. The lowest BCUT2D eigenvalue weighted by Gasteiger charge is -2.22. The van der Waals surface area contributed by atoms with Crippen LogP contribution in [0.2, 0.25) is 0 Å². The highest BCUT2D eigenvalue weighted by atomic mass is 16.5. The van der Waals surface area contributed by atoms with Gasteiger partial charge in [0.25, 0.3) is 0 Å². The Morgan fingerprint density at radius 3 is 2.53 bits per heavy atom. The lowest BCUT2D eigenvalue weighted by molar-refractivity contribution is -0.0106. The van der Waals surface area contributed by atoms with Crippen molar-refractivity contribution in [3.63, 3.8) is 0 Å². The van der Waals surface area contributed by atoms with Crippen molar-refractivity contribution < 1.29 is 9.26 Å². The second-order valence-electron chi connectivity index (χ2n) is 4.62. The molecule has 17 heavy (non-hydrogen) atoms. The molecule has 0 saturated carbocycles. The summed E-state index contributed by atoms with van der Waals surface area (Å²) in [5.74, 6) is 1.31. The van der Waals surface area contributed by atoms with Gasteiger partial charge in [0, 0.05) is 13.2 Å². The summed E-state index contributed by atoms with van der Waals surface area (Å²) in [6, 6.07) is 0.00345. The van der Waals surface area contributed by atoms with Crippen LogP contribution in [0.5, 0.6) is 0 Å². The number of methoxy groups -OCH3 is 1. The van der Waals surface area contributed by atoms with Gasteiger partial charge in [-0.05, 0) is 26.7 Å². The molecule has 3 atom stereocenters. The minimum absolute atomic E-state index is 0.00345. The molecule has 1 aromatic heterocycles. The van der Waals surface area contributed by atoms with Gasteiger partial charge >= 0.3 is 0 Å². The van der Waals surface area contributed by atoms with Crippen LogP contribution in [-0.4, -0.2) is 23.3 Å². The maximum atomic E-state index is 5.90. The standard InChI is InChI=1S/C12H23N3O2/c1-6-9(8(3)13)10-14-11(15-17-10)12(4,7-2)16-5/h8-9H,6-7,13H2,1-5H3. The Hall–Kier alpha value is -0.940. The van der Waals surface area contributed by atoms with E-state index in [1.54, 1.807) is 7.11 Å². The first-order valence-corrected chi connectivity index (χ1v) is 6.13. The van der Waals surface area contributed by atoms with Gasteiger partial charge in [0.15, 0.2) is 0 Å². The van der Waals surface area contributed by atoms with E-state index >= 15 is 0 Å². The number of hydrogen-bond donors (Lipinski definition) is 1. The van der Waals surface area contributed by atoms with E-state index in [9.17, 15) is 0 Å². The molecule has 5 heteroatoms. The molecule has 0 aliphatic heterocycles. The van der Waals surface area contributed by atoms with E-state index < -0.39 is 5.60 Å². The summed E-state index contributed by atoms with van der Waals surface area (Å²) in [5, 5.41) is 4.01. The Morgan fingerprint density at radius 2 is 2.12 bits per heavy atom. The van der Waals surface area contributed by atoms with Crippen LogP contribution in [0.15, 0.2) is 4.52 Å². The molecule has 0 fully saturated rings. The Bertz CT molecular complexity index is 345. The van der Waals surface area contributed by atoms with E-state index in [-0.39, 0.29) is 12.0 Å². The third kappa shape index (κ3) is 2.84. The van der Waals surface area contributed by atoms with Crippen LogP contribution in [0.1, 0.15) is 58.2 Å². The van der Waals surface area contributed by atoms with Crippen molar-refractivity contribution in [2.75, 3.05) is 7.11 Å². The highest BCUT2D eigenvalue weighted by molar-refractivity contribution is 5.03. The molecule has 2 N–H and O–H groups in total. The zero-order chi connectivity index (χ0) is 13.1. The number of rotatable bonds is 6. The summed E-state index contributed by atoms with van der Waals surface area (Å²) in [6.07, 6.45) is 1.67. The van der Waals surface area contributed by atoms with Gasteiger partial charge in [-0.2, -0.15) is 4.98 Å². The molecular formula is C12H23N3O2. The van der Waals surface area contributed by atoms with Crippen molar-refractivity contribution in [2.24, 2.45) is 5.73 Å². The average molecular weight is 241 g/mol. The fraction of sp³-hybridized carbons (Fsp3) is 0.833. The van der Waals surface area contributed by atoms with Crippen LogP contribution in [0.4, 0.5) is 0 Å². The molecular weight excluding hydrogens is 218 g/mol. The van der Waals surface area contributed by atoms with Crippen molar-refractivity contribution in [1.82, 2.24) is 10.1 Å². The molecule has 0 amide bonds. The summed E-state index contributed by atoms with van der Waals surface area (Å²) >= 11 is 0. The lowest BCUT2D eigenvalue weighted by Crippen LogP contribution is -2.26. The number of nitrogens with two attached hydrogens (primary N) is 1. The average Bonchev–Trinajstić information content (AvgIpc) is 2.78. The maximum absolute atomic E-state index is 5.90. The molecule has 0 spiro atoms. The molecule has 0 radical (unpaired) electrons. The second-order valence-corrected chi connectivity index (χ2v) is 4.62. The Kier molecular flexibility index (Phi) is 4.65. The van der Waals surface area contributed by atoms with Crippen LogP contribution in [0.3, 0.4) is 0 Å². The molecule has 0 aliphatic carbocycles. The predicted octanol–water partition coefficient (Wildman–Crippen LogP) is 2.18. The molecule has 1 heterocycles. The van der Waals surface area contributed by atoms with Gasteiger partial charge in [0.1, 0.15) is 5.60 Å². The molecule has 0 bridgehead atoms. The Morgan fingerprint density at radius 1 is 1.47 bits per heavy atom. The fourth-order valence-electron chi connectivity index (χ4n) is 1.77. The quantitative estimate of drug-likeness (QED) is 0.826. The van der Waals surface area contributed by atoms with E-state index in [4.69, 9.17) is 15.0 Å². The lowest BCUT2D eigenvalue weighted by atomic mass is 9.98. The Labute approximate surface area is 103 Å². The molecule has 5 nitrogen and oxygen atoms in total. The van der Waals surface area contributed by atoms with Gasteiger partial charge in [-0.1, -0.05) is 19.0 Å². The van der Waals surface area contributed by atoms with Crippen LogP contribution < -0.4 is 5.73 Å². The molecule has 3 unspecified atom stereocenters. The molecule has 0 aliphatic rings. The first-order valence-electron chi connectivity index (χ1n) is 6.13. The van der Waals surface area contributed by atoms with Gasteiger partial charge in [-0.15, -0.1) is 0 Å².